The average Bonchev–Trinajstić information content (AvgIpc) is 3.13. The molecule has 0 saturated heterocycles. The van der Waals surface area contributed by atoms with Crippen molar-refractivity contribution in [3.05, 3.63) is 52.2 Å². The minimum Gasteiger partial charge on any atom is -0.452 e. The Morgan fingerprint density at radius 1 is 1.08 bits per heavy atom. The van der Waals surface area contributed by atoms with Gasteiger partial charge in [0, 0.05) is 12.3 Å². The van der Waals surface area contributed by atoms with Gasteiger partial charge in [-0.2, -0.15) is 11.3 Å². The van der Waals surface area contributed by atoms with Gasteiger partial charge in [-0.1, -0.05) is 12.1 Å². The molecule has 0 fully saturated rings. The fourth-order valence-electron chi connectivity index (χ4n) is 1.76. The molecule has 1 aromatic heterocycles. The normalized spacial score (nSPS) is 9.80. The van der Waals surface area contributed by atoms with E-state index in [1.54, 1.807) is 35.0 Å². The molecule has 0 aliphatic rings. The molecule has 2 aromatic rings. The second kappa shape index (κ2) is 8.60. The average molecular weight is 361 g/mol. The summed E-state index contributed by atoms with van der Waals surface area (Å²) in [6, 6.07) is 7.94. The predicted molar refractivity (Wildman–Crippen MR) is 91.0 cm³/mol. The minimum absolute atomic E-state index is 0.110. The lowest BCUT2D eigenvalue weighted by atomic mass is 10.1. The van der Waals surface area contributed by atoms with Gasteiger partial charge >= 0.3 is 5.97 Å². The lowest BCUT2D eigenvalue weighted by molar-refractivity contribution is -0.129. The first kappa shape index (κ1) is 18.1. The van der Waals surface area contributed by atoms with Crippen LogP contribution in [0.1, 0.15) is 27.6 Å². The molecule has 1 aromatic carbocycles. The summed E-state index contributed by atoms with van der Waals surface area (Å²) in [4.78, 5) is 46.4. The number of hydrogen-bond acceptors (Lipinski definition) is 6. The Bertz CT molecular complexity index is 789. The van der Waals surface area contributed by atoms with Gasteiger partial charge in [-0.25, -0.2) is 4.79 Å². The van der Waals surface area contributed by atoms with Crippen molar-refractivity contribution in [2.75, 3.05) is 11.9 Å². The Kier molecular flexibility index (Phi) is 6.24. The fraction of sp³-hybridized carbons (Fsp3) is 0.125. The molecule has 0 aliphatic carbocycles. The molecule has 3 N–H and O–H groups in total. The van der Waals surface area contributed by atoms with Crippen molar-refractivity contribution in [3.8, 4) is 0 Å². The van der Waals surface area contributed by atoms with Gasteiger partial charge in [-0.15, -0.1) is 0 Å². The number of para-hydroxylation sites is 1. The molecule has 2 rings (SSSR count). The number of esters is 1. The van der Waals surface area contributed by atoms with E-state index in [0.29, 0.717) is 5.56 Å². The van der Waals surface area contributed by atoms with Gasteiger partial charge in [0.05, 0.1) is 16.8 Å². The lowest BCUT2D eigenvalue weighted by Crippen LogP contribution is -2.42. The van der Waals surface area contributed by atoms with Gasteiger partial charge in [0.15, 0.2) is 6.61 Å². The molecular formula is C16H15N3O5S. The highest BCUT2D eigenvalue weighted by Crippen LogP contribution is 2.18. The van der Waals surface area contributed by atoms with Gasteiger partial charge in [0.1, 0.15) is 0 Å². The van der Waals surface area contributed by atoms with Crippen LogP contribution in [0.3, 0.4) is 0 Å². The monoisotopic (exact) mass is 361 g/mol. The molecule has 9 heteroatoms. The highest BCUT2D eigenvalue weighted by Gasteiger charge is 2.16. The van der Waals surface area contributed by atoms with Crippen LogP contribution >= 0.6 is 11.3 Å². The highest BCUT2D eigenvalue weighted by atomic mass is 32.1. The SMILES string of the molecule is CC(=O)NNC(=O)COC(=O)c1ccccc1NC(=O)c1ccsc1. The van der Waals surface area contributed by atoms with Crippen LogP contribution in [0.25, 0.3) is 0 Å². The van der Waals surface area contributed by atoms with E-state index < -0.39 is 24.4 Å². The second-order valence-electron chi connectivity index (χ2n) is 4.82. The van der Waals surface area contributed by atoms with Crippen molar-refractivity contribution in [1.82, 2.24) is 10.9 Å². The zero-order valence-corrected chi connectivity index (χ0v) is 14.0. The molecule has 3 amide bonds. The van der Waals surface area contributed by atoms with Crippen LogP contribution in [-0.2, 0) is 14.3 Å². The van der Waals surface area contributed by atoms with Crippen LogP contribution in [0.2, 0.25) is 0 Å². The van der Waals surface area contributed by atoms with Crippen molar-refractivity contribution in [3.63, 3.8) is 0 Å². The molecule has 0 atom stereocenters. The van der Waals surface area contributed by atoms with Crippen molar-refractivity contribution in [1.29, 1.82) is 0 Å². The molecule has 8 nitrogen and oxygen atoms in total. The number of anilines is 1. The van der Waals surface area contributed by atoms with E-state index in [9.17, 15) is 19.2 Å². The molecule has 0 aliphatic heterocycles. The zero-order chi connectivity index (χ0) is 18.2. The topological polar surface area (TPSA) is 114 Å². The summed E-state index contributed by atoms with van der Waals surface area (Å²) < 4.78 is 4.88. The highest BCUT2D eigenvalue weighted by molar-refractivity contribution is 7.08. The Hall–Kier alpha value is -3.20. The van der Waals surface area contributed by atoms with Crippen LogP contribution in [0.5, 0.6) is 0 Å². The number of rotatable bonds is 5. The van der Waals surface area contributed by atoms with Crippen molar-refractivity contribution >= 4 is 40.7 Å². The zero-order valence-electron chi connectivity index (χ0n) is 13.2. The first-order valence-electron chi connectivity index (χ1n) is 7.12. The van der Waals surface area contributed by atoms with Crippen LogP contribution in [0.4, 0.5) is 5.69 Å². The fourth-order valence-corrected chi connectivity index (χ4v) is 2.40. The number of benzene rings is 1. The van der Waals surface area contributed by atoms with E-state index in [2.05, 4.69) is 16.2 Å². The van der Waals surface area contributed by atoms with Crippen molar-refractivity contribution < 1.29 is 23.9 Å². The van der Waals surface area contributed by atoms with Crippen LogP contribution in [0.15, 0.2) is 41.1 Å². The quantitative estimate of drug-likeness (QED) is 0.549. The standard InChI is InChI=1S/C16H15N3O5S/c1-10(20)18-19-14(21)8-24-16(23)12-4-2-3-5-13(12)17-15(22)11-6-7-25-9-11/h2-7,9H,8H2,1H3,(H,17,22)(H,18,20)(H,19,21). The Morgan fingerprint density at radius 2 is 1.84 bits per heavy atom. The summed E-state index contributed by atoms with van der Waals surface area (Å²) in [5, 5.41) is 6.08. The molecule has 0 bridgehead atoms. The number of ether oxygens (including phenoxy) is 1. The van der Waals surface area contributed by atoms with E-state index in [-0.39, 0.29) is 17.2 Å². The molecule has 25 heavy (non-hydrogen) atoms. The molecule has 0 unspecified atom stereocenters. The van der Waals surface area contributed by atoms with Crippen LogP contribution < -0.4 is 16.2 Å². The first-order valence-corrected chi connectivity index (χ1v) is 8.07. The lowest BCUT2D eigenvalue weighted by Gasteiger charge is -2.10. The molecule has 130 valence electrons. The number of hydrogen-bond donors (Lipinski definition) is 3. The second-order valence-corrected chi connectivity index (χ2v) is 5.60. The first-order chi connectivity index (χ1) is 12.0. The van der Waals surface area contributed by atoms with Crippen molar-refractivity contribution in [2.24, 2.45) is 0 Å². The Labute approximate surface area is 147 Å². The van der Waals surface area contributed by atoms with E-state index in [4.69, 9.17) is 4.74 Å². The van der Waals surface area contributed by atoms with E-state index >= 15 is 0 Å². The number of nitrogens with one attached hydrogen (secondary N) is 3. The summed E-state index contributed by atoms with van der Waals surface area (Å²) >= 11 is 1.38. The number of hydrazine groups is 1. The predicted octanol–water partition coefficient (Wildman–Crippen LogP) is 1.32. The molecule has 0 saturated carbocycles. The van der Waals surface area contributed by atoms with Gasteiger partial charge in [-0.05, 0) is 23.6 Å². The molecular weight excluding hydrogens is 346 g/mol. The van der Waals surface area contributed by atoms with Crippen LogP contribution in [0, 0.1) is 0 Å². The maximum Gasteiger partial charge on any atom is 0.340 e. The number of carbonyl (C=O) groups is 4. The summed E-state index contributed by atoms with van der Waals surface area (Å²) in [5.74, 6) is -2.28. The molecule has 1 heterocycles. The summed E-state index contributed by atoms with van der Waals surface area (Å²) in [6.45, 7) is 0.643. The van der Waals surface area contributed by atoms with Gasteiger partial charge < -0.3 is 10.1 Å². The van der Waals surface area contributed by atoms with Crippen LogP contribution in [-0.4, -0.2) is 30.3 Å². The molecule has 0 spiro atoms. The van der Waals surface area contributed by atoms with Crippen molar-refractivity contribution in [2.45, 2.75) is 6.92 Å². The van der Waals surface area contributed by atoms with Gasteiger partial charge in [0.2, 0.25) is 5.91 Å². The van der Waals surface area contributed by atoms with E-state index in [1.165, 1.54) is 24.3 Å². The third kappa shape index (κ3) is 5.43. The number of amides is 3. The molecule has 0 radical (unpaired) electrons. The largest absolute Gasteiger partial charge is 0.452 e. The summed E-state index contributed by atoms with van der Waals surface area (Å²) in [5.41, 5.74) is 5.00. The van der Waals surface area contributed by atoms with E-state index in [0.717, 1.165) is 0 Å². The van der Waals surface area contributed by atoms with E-state index in [1.807, 2.05) is 0 Å². The maximum absolute atomic E-state index is 12.1. The van der Waals surface area contributed by atoms with Gasteiger partial charge in [-0.3, -0.25) is 25.2 Å². The maximum atomic E-state index is 12.1. The minimum atomic E-state index is -0.779. The summed E-state index contributed by atoms with van der Waals surface area (Å²) in [7, 11) is 0. The number of carbonyl (C=O) groups excluding carboxylic acids is 4. The third-order valence-electron chi connectivity index (χ3n) is 2.89. The Balaban J connectivity index is 1.99. The Morgan fingerprint density at radius 3 is 2.52 bits per heavy atom. The van der Waals surface area contributed by atoms with Gasteiger partial charge in [0.25, 0.3) is 11.8 Å². The third-order valence-corrected chi connectivity index (χ3v) is 3.57. The number of thiophene rings is 1. The summed E-state index contributed by atoms with van der Waals surface area (Å²) in [6.07, 6.45) is 0. The smallest absolute Gasteiger partial charge is 0.340 e.